The average molecular weight is 253 g/mol. The average Bonchev–Trinajstić information content (AvgIpc) is 2.98. The Balaban J connectivity index is 1.82. The molecule has 1 aliphatic heterocycles. The minimum atomic E-state index is 0.865. The van der Waals surface area contributed by atoms with Crippen molar-refractivity contribution in [1.82, 2.24) is 4.98 Å². The molecule has 0 N–H and O–H groups in total. The zero-order valence-electron chi connectivity index (χ0n) is 10.8. The van der Waals surface area contributed by atoms with Gasteiger partial charge in [-0.2, -0.15) is 5.10 Å². The highest BCUT2D eigenvalue weighted by Gasteiger charge is 2.17. The van der Waals surface area contributed by atoms with Crippen LogP contribution in [0.4, 0.5) is 5.82 Å². The standard InChI is InChI=1S/C15H15N3O/c1-19-13-7-5-12(6-8-13)14-9-11-18(17-14)15-4-2-3-10-16-15/h2-8,10H,9,11H2,1H3. The van der Waals surface area contributed by atoms with Crippen LogP contribution >= 0.6 is 0 Å². The van der Waals surface area contributed by atoms with E-state index < -0.39 is 0 Å². The first-order valence-corrected chi connectivity index (χ1v) is 6.27. The molecule has 19 heavy (non-hydrogen) atoms. The first-order chi connectivity index (χ1) is 9.36. The third kappa shape index (κ3) is 2.42. The molecule has 2 heterocycles. The van der Waals surface area contributed by atoms with E-state index in [9.17, 15) is 0 Å². The van der Waals surface area contributed by atoms with Crippen molar-refractivity contribution in [1.29, 1.82) is 0 Å². The van der Waals surface area contributed by atoms with E-state index in [0.717, 1.165) is 35.8 Å². The molecule has 0 unspecified atom stereocenters. The van der Waals surface area contributed by atoms with E-state index in [1.165, 1.54) is 0 Å². The van der Waals surface area contributed by atoms with Gasteiger partial charge in [-0.3, -0.25) is 0 Å². The van der Waals surface area contributed by atoms with Crippen molar-refractivity contribution >= 4 is 11.5 Å². The van der Waals surface area contributed by atoms with Gasteiger partial charge in [-0.1, -0.05) is 6.07 Å². The second-order valence-electron chi connectivity index (χ2n) is 4.34. The lowest BCUT2D eigenvalue weighted by Gasteiger charge is -2.10. The summed E-state index contributed by atoms with van der Waals surface area (Å²) < 4.78 is 5.16. The number of hydrogen-bond donors (Lipinski definition) is 0. The highest BCUT2D eigenvalue weighted by molar-refractivity contribution is 6.02. The fourth-order valence-corrected chi connectivity index (χ4v) is 2.12. The third-order valence-corrected chi connectivity index (χ3v) is 3.14. The lowest BCUT2D eigenvalue weighted by atomic mass is 10.1. The summed E-state index contributed by atoms with van der Waals surface area (Å²) in [7, 11) is 1.67. The van der Waals surface area contributed by atoms with Gasteiger partial charge in [-0.05, 0) is 42.0 Å². The molecular weight excluding hydrogens is 238 g/mol. The zero-order chi connectivity index (χ0) is 13.1. The molecule has 0 spiro atoms. The summed E-state index contributed by atoms with van der Waals surface area (Å²) in [5, 5.41) is 6.57. The maximum Gasteiger partial charge on any atom is 0.148 e. The fourth-order valence-electron chi connectivity index (χ4n) is 2.12. The summed E-state index contributed by atoms with van der Waals surface area (Å²) in [5.74, 6) is 1.76. The SMILES string of the molecule is COc1ccc(C2=NN(c3ccccn3)CC2)cc1. The Kier molecular flexibility index (Phi) is 3.14. The van der Waals surface area contributed by atoms with Gasteiger partial charge in [0.15, 0.2) is 0 Å². The molecule has 0 saturated heterocycles. The van der Waals surface area contributed by atoms with E-state index in [0.29, 0.717) is 0 Å². The number of methoxy groups -OCH3 is 1. The molecule has 2 aromatic rings. The minimum Gasteiger partial charge on any atom is -0.497 e. The first kappa shape index (κ1) is 11.7. The van der Waals surface area contributed by atoms with Crippen LogP contribution in [0.5, 0.6) is 5.75 Å². The molecule has 0 bridgehead atoms. The van der Waals surface area contributed by atoms with Gasteiger partial charge in [0.05, 0.1) is 12.8 Å². The van der Waals surface area contributed by atoms with Crippen molar-refractivity contribution in [3.63, 3.8) is 0 Å². The number of pyridine rings is 1. The molecule has 0 aliphatic carbocycles. The predicted octanol–water partition coefficient (Wildman–Crippen LogP) is 2.70. The highest BCUT2D eigenvalue weighted by atomic mass is 16.5. The second kappa shape index (κ2) is 5.10. The van der Waals surface area contributed by atoms with Crippen LogP contribution in [0.1, 0.15) is 12.0 Å². The fraction of sp³-hybridized carbons (Fsp3) is 0.200. The Hall–Kier alpha value is -2.36. The zero-order valence-corrected chi connectivity index (χ0v) is 10.8. The molecule has 1 aromatic heterocycles. The second-order valence-corrected chi connectivity index (χ2v) is 4.34. The van der Waals surface area contributed by atoms with Gasteiger partial charge < -0.3 is 4.74 Å². The maximum absolute atomic E-state index is 5.16. The smallest absolute Gasteiger partial charge is 0.148 e. The van der Waals surface area contributed by atoms with Gasteiger partial charge in [0.2, 0.25) is 0 Å². The van der Waals surface area contributed by atoms with Crippen molar-refractivity contribution in [3.05, 3.63) is 54.2 Å². The van der Waals surface area contributed by atoms with Crippen LogP contribution in [0.25, 0.3) is 0 Å². The van der Waals surface area contributed by atoms with E-state index in [2.05, 4.69) is 10.1 Å². The van der Waals surface area contributed by atoms with Crippen LogP contribution in [0.3, 0.4) is 0 Å². The molecular formula is C15H15N3O. The monoisotopic (exact) mass is 253 g/mol. The van der Waals surface area contributed by atoms with Gasteiger partial charge >= 0.3 is 0 Å². The molecule has 4 heteroatoms. The summed E-state index contributed by atoms with van der Waals surface area (Å²) in [6, 6.07) is 13.9. The number of hydrazone groups is 1. The first-order valence-electron chi connectivity index (χ1n) is 6.27. The largest absolute Gasteiger partial charge is 0.497 e. The number of rotatable bonds is 3. The molecule has 96 valence electrons. The van der Waals surface area contributed by atoms with Crippen LogP contribution < -0.4 is 9.75 Å². The van der Waals surface area contributed by atoms with Crippen molar-refractivity contribution in [2.45, 2.75) is 6.42 Å². The number of aromatic nitrogens is 1. The Bertz CT molecular complexity index is 578. The van der Waals surface area contributed by atoms with Crippen LogP contribution in [-0.2, 0) is 0 Å². The van der Waals surface area contributed by atoms with E-state index >= 15 is 0 Å². The predicted molar refractivity (Wildman–Crippen MR) is 75.7 cm³/mol. The lowest BCUT2D eigenvalue weighted by molar-refractivity contribution is 0.415. The summed E-state index contributed by atoms with van der Waals surface area (Å²) in [6.07, 6.45) is 2.72. The van der Waals surface area contributed by atoms with E-state index in [1.54, 1.807) is 13.3 Å². The van der Waals surface area contributed by atoms with E-state index in [4.69, 9.17) is 4.74 Å². The minimum absolute atomic E-state index is 0.865. The number of benzene rings is 1. The van der Waals surface area contributed by atoms with E-state index in [-0.39, 0.29) is 0 Å². The molecule has 0 amide bonds. The van der Waals surface area contributed by atoms with Crippen molar-refractivity contribution in [2.75, 3.05) is 18.7 Å². The Labute approximate surface area is 112 Å². The Morgan fingerprint density at radius 3 is 2.63 bits per heavy atom. The molecule has 0 saturated carbocycles. The number of ether oxygens (including phenoxy) is 1. The number of anilines is 1. The lowest BCUT2D eigenvalue weighted by Crippen LogP contribution is -2.12. The molecule has 3 rings (SSSR count). The quantitative estimate of drug-likeness (QED) is 0.844. The number of hydrogen-bond acceptors (Lipinski definition) is 4. The third-order valence-electron chi connectivity index (χ3n) is 3.14. The van der Waals surface area contributed by atoms with Gasteiger partial charge in [0, 0.05) is 19.2 Å². The summed E-state index contributed by atoms with van der Waals surface area (Å²) in [6.45, 7) is 0.873. The van der Waals surface area contributed by atoms with Gasteiger partial charge in [-0.25, -0.2) is 9.99 Å². The van der Waals surface area contributed by atoms with Gasteiger partial charge in [-0.15, -0.1) is 0 Å². The highest BCUT2D eigenvalue weighted by Crippen LogP contribution is 2.20. The summed E-state index contributed by atoms with van der Waals surface area (Å²) in [5.41, 5.74) is 2.23. The summed E-state index contributed by atoms with van der Waals surface area (Å²) >= 11 is 0. The molecule has 1 aromatic carbocycles. The van der Waals surface area contributed by atoms with Crippen LogP contribution in [0.2, 0.25) is 0 Å². The van der Waals surface area contributed by atoms with Crippen molar-refractivity contribution < 1.29 is 4.74 Å². The molecule has 4 nitrogen and oxygen atoms in total. The molecule has 0 atom stereocenters. The van der Waals surface area contributed by atoms with Crippen molar-refractivity contribution in [2.24, 2.45) is 5.10 Å². The van der Waals surface area contributed by atoms with Crippen LogP contribution in [-0.4, -0.2) is 24.4 Å². The topological polar surface area (TPSA) is 37.7 Å². The van der Waals surface area contributed by atoms with E-state index in [1.807, 2.05) is 47.5 Å². The normalized spacial score (nSPS) is 14.4. The van der Waals surface area contributed by atoms with Crippen LogP contribution in [0, 0.1) is 0 Å². The van der Waals surface area contributed by atoms with Crippen LogP contribution in [0.15, 0.2) is 53.8 Å². The maximum atomic E-state index is 5.16. The molecule has 0 radical (unpaired) electrons. The molecule has 1 aliphatic rings. The Morgan fingerprint density at radius 1 is 1.11 bits per heavy atom. The van der Waals surface area contributed by atoms with Gasteiger partial charge in [0.25, 0.3) is 0 Å². The molecule has 0 fully saturated rings. The Morgan fingerprint density at radius 2 is 1.95 bits per heavy atom. The van der Waals surface area contributed by atoms with Crippen molar-refractivity contribution in [3.8, 4) is 5.75 Å². The summed E-state index contributed by atoms with van der Waals surface area (Å²) in [4.78, 5) is 4.32. The van der Waals surface area contributed by atoms with Gasteiger partial charge in [0.1, 0.15) is 11.6 Å². The number of nitrogens with zero attached hydrogens (tertiary/aromatic N) is 3.